The Bertz CT molecular complexity index is 980. The van der Waals surface area contributed by atoms with Crippen LogP contribution in [0.5, 0.6) is 0 Å². The van der Waals surface area contributed by atoms with Gasteiger partial charge in [0.2, 0.25) is 0 Å². The number of esters is 1. The van der Waals surface area contributed by atoms with Crippen LogP contribution >= 0.6 is 22.6 Å². The van der Waals surface area contributed by atoms with Crippen LogP contribution in [0, 0.1) is 3.57 Å². The number of carbonyl (C=O) groups is 2. The Morgan fingerprint density at radius 2 is 1.88 bits per heavy atom. The number of para-hydroxylation sites is 2. The van der Waals surface area contributed by atoms with Crippen molar-refractivity contribution < 1.29 is 14.3 Å². The number of amides is 1. The van der Waals surface area contributed by atoms with Crippen molar-refractivity contribution in [3.05, 3.63) is 76.0 Å². The molecule has 0 saturated carbocycles. The zero-order valence-electron chi connectivity index (χ0n) is 13.7. The van der Waals surface area contributed by atoms with Gasteiger partial charge in [0.15, 0.2) is 6.61 Å². The molecule has 5 nitrogen and oxygen atoms in total. The first-order valence-electron chi connectivity index (χ1n) is 7.86. The van der Waals surface area contributed by atoms with E-state index < -0.39 is 5.97 Å². The largest absolute Gasteiger partial charge is 0.452 e. The fraction of sp³-hybridized carbons (Fsp3) is 0.0500. The monoisotopic (exact) mass is 458 g/mol. The van der Waals surface area contributed by atoms with Gasteiger partial charge in [-0.1, -0.05) is 36.4 Å². The molecule has 0 aliphatic rings. The number of ether oxygens (including phenoxy) is 1. The molecule has 3 rings (SSSR count). The lowest BCUT2D eigenvalue weighted by atomic mass is 10.1. The van der Waals surface area contributed by atoms with Gasteiger partial charge in [-0.25, -0.2) is 4.79 Å². The fourth-order valence-electron chi connectivity index (χ4n) is 2.35. The van der Waals surface area contributed by atoms with Crippen LogP contribution in [-0.4, -0.2) is 23.5 Å². The van der Waals surface area contributed by atoms with E-state index in [0.29, 0.717) is 5.69 Å². The van der Waals surface area contributed by atoms with Gasteiger partial charge in [0, 0.05) is 26.8 Å². The molecule has 130 valence electrons. The first-order chi connectivity index (χ1) is 12.6. The van der Waals surface area contributed by atoms with Gasteiger partial charge in [-0.05, 0) is 46.9 Å². The number of hydrogen-bond acceptors (Lipinski definition) is 4. The van der Waals surface area contributed by atoms with E-state index in [1.54, 1.807) is 18.3 Å². The first kappa shape index (κ1) is 18.1. The van der Waals surface area contributed by atoms with Crippen LogP contribution < -0.4 is 5.32 Å². The molecule has 0 saturated heterocycles. The van der Waals surface area contributed by atoms with Crippen LogP contribution in [0.4, 0.5) is 5.69 Å². The van der Waals surface area contributed by atoms with E-state index in [-0.39, 0.29) is 12.5 Å². The minimum Gasteiger partial charge on any atom is -0.452 e. The van der Waals surface area contributed by atoms with E-state index in [1.807, 2.05) is 48.5 Å². The average Bonchev–Trinajstić information content (AvgIpc) is 2.66. The molecule has 6 heteroatoms. The molecule has 0 bridgehead atoms. The Kier molecular flexibility index (Phi) is 5.96. The molecule has 0 aliphatic carbocycles. The number of rotatable bonds is 5. The fourth-order valence-corrected chi connectivity index (χ4v) is 2.88. The maximum Gasteiger partial charge on any atom is 0.331 e. The number of nitrogens with zero attached hydrogens (tertiary/aromatic N) is 1. The number of halogens is 1. The molecule has 1 N–H and O–H groups in total. The van der Waals surface area contributed by atoms with Crippen molar-refractivity contribution in [1.82, 2.24) is 4.98 Å². The Morgan fingerprint density at radius 3 is 2.73 bits per heavy atom. The second-order valence-electron chi connectivity index (χ2n) is 5.39. The number of anilines is 1. The second-order valence-corrected chi connectivity index (χ2v) is 6.55. The number of hydrogen-bond donors (Lipinski definition) is 1. The van der Waals surface area contributed by atoms with E-state index in [0.717, 1.165) is 20.0 Å². The molecule has 0 aliphatic heterocycles. The lowest BCUT2D eigenvalue weighted by Gasteiger charge is -2.07. The summed E-state index contributed by atoms with van der Waals surface area (Å²) >= 11 is 2.12. The second kappa shape index (κ2) is 8.57. The molecule has 0 radical (unpaired) electrons. The maximum atomic E-state index is 11.9. The molecule has 0 fully saturated rings. The van der Waals surface area contributed by atoms with Gasteiger partial charge in [0.25, 0.3) is 5.91 Å². The van der Waals surface area contributed by atoms with E-state index in [4.69, 9.17) is 4.74 Å². The smallest absolute Gasteiger partial charge is 0.331 e. The van der Waals surface area contributed by atoms with Crippen molar-refractivity contribution in [3.8, 4) is 0 Å². The Labute approximate surface area is 164 Å². The highest BCUT2D eigenvalue weighted by Crippen LogP contribution is 2.18. The molecule has 3 aromatic rings. The molecule has 1 amide bonds. The van der Waals surface area contributed by atoms with Crippen LogP contribution in [0.15, 0.2) is 66.9 Å². The van der Waals surface area contributed by atoms with Crippen molar-refractivity contribution in [2.45, 2.75) is 0 Å². The third kappa shape index (κ3) is 4.66. The van der Waals surface area contributed by atoms with Crippen LogP contribution in [0.3, 0.4) is 0 Å². The standard InChI is InChI=1S/C20H15IN2O3/c21-16-8-1-2-9-17(16)23-18(24)13-26-19(25)11-10-15-6-3-5-14-7-4-12-22-20(14)15/h1-12H,13H2,(H,23,24)/b11-10+. The van der Waals surface area contributed by atoms with Gasteiger partial charge in [-0.2, -0.15) is 0 Å². The van der Waals surface area contributed by atoms with Crippen LogP contribution in [0.2, 0.25) is 0 Å². The molecule has 1 heterocycles. The van der Waals surface area contributed by atoms with E-state index >= 15 is 0 Å². The molecule has 0 spiro atoms. The number of aromatic nitrogens is 1. The summed E-state index contributed by atoms with van der Waals surface area (Å²) < 4.78 is 5.90. The average molecular weight is 458 g/mol. The molecule has 1 aromatic heterocycles. The minimum absolute atomic E-state index is 0.345. The molecular weight excluding hydrogens is 443 g/mol. The highest BCUT2D eigenvalue weighted by Gasteiger charge is 2.07. The summed E-state index contributed by atoms with van der Waals surface area (Å²) in [6.45, 7) is -0.345. The highest BCUT2D eigenvalue weighted by molar-refractivity contribution is 14.1. The zero-order valence-corrected chi connectivity index (χ0v) is 15.8. The normalized spacial score (nSPS) is 10.8. The zero-order chi connectivity index (χ0) is 18.4. The summed E-state index contributed by atoms with van der Waals surface area (Å²) in [5, 5.41) is 3.69. The Hall–Kier alpha value is -2.74. The lowest BCUT2D eigenvalue weighted by Crippen LogP contribution is -2.20. The van der Waals surface area contributed by atoms with Gasteiger partial charge in [-0.3, -0.25) is 9.78 Å². The summed E-state index contributed by atoms with van der Waals surface area (Å²) in [6, 6.07) is 16.9. The van der Waals surface area contributed by atoms with Crippen molar-refractivity contribution in [2.75, 3.05) is 11.9 Å². The van der Waals surface area contributed by atoms with Crippen LogP contribution in [0.25, 0.3) is 17.0 Å². The number of fused-ring (bicyclic) bond motifs is 1. The van der Waals surface area contributed by atoms with Crippen molar-refractivity contribution in [3.63, 3.8) is 0 Å². The molecule has 0 unspecified atom stereocenters. The lowest BCUT2D eigenvalue weighted by molar-refractivity contribution is -0.142. The molecule has 0 atom stereocenters. The maximum absolute atomic E-state index is 11.9. The molecule has 2 aromatic carbocycles. The number of carbonyl (C=O) groups excluding carboxylic acids is 2. The minimum atomic E-state index is -0.587. The summed E-state index contributed by atoms with van der Waals surface area (Å²) in [4.78, 5) is 28.1. The Balaban J connectivity index is 1.58. The van der Waals surface area contributed by atoms with E-state index in [2.05, 4.69) is 32.9 Å². The topological polar surface area (TPSA) is 68.3 Å². The van der Waals surface area contributed by atoms with Crippen molar-refractivity contribution >= 4 is 57.1 Å². The first-order valence-corrected chi connectivity index (χ1v) is 8.94. The van der Waals surface area contributed by atoms with Crippen molar-refractivity contribution in [1.29, 1.82) is 0 Å². The van der Waals surface area contributed by atoms with Gasteiger partial charge >= 0.3 is 5.97 Å². The van der Waals surface area contributed by atoms with Crippen LogP contribution in [-0.2, 0) is 14.3 Å². The van der Waals surface area contributed by atoms with Gasteiger partial charge in [-0.15, -0.1) is 0 Å². The highest BCUT2D eigenvalue weighted by atomic mass is 127. The van der Waals surface area contributed by atoms with E-state index in [1.165, 1.54) is 6.08 Å². The van der Waals surface area contributed by atoms with Gasteiger partial charge in [0.1, 0.15) is 0 Å². The summed E-state index contributed by atoms with van der Waals surface area (Å²) in [5.41, 5.74) is 2.30. The molecule has 26 heavy (non-hydrogen) atoms. The van der Waals surface area contributed by atoms with Gasteiger partial charge < -0.3 is 10.1 Å². The number of nitrogens with one attached hydrogen (secondary N) is 1. The van der Waals surface area contributed by atoms with E-state index in [9.17, 15) is 9.59 Å². The SMILES string of the molecule is O=C(COC(=O)/C=C/c1cccc2cccnc12)Nc1ccccc1I. The van der Waals surface area contributed by atoms with Crippen LogP contribution in [0.1, 0.15) is 5.56 Å². The predicted molar refractivity (Wildman–Crippen MR) is 110 cm³/mol. The quantitative estimate of drug-likeness (QED) is 0.356. The Morgan fingerprint density at radius 1 is 1.08 bits per heavy atom. The third-order valence-corrected chi connectivity index (χ3v) is 4.50. The summed E-state index contributed by atoms with van der Waals surface area (Å²) in [7, 11) is 0. The number of benzene rings is 2. The molecular formula is C20H15IN2O3. The predicted octanol–water partition coefficient (Wildman–Crippen LogP) is 4.03. The van der Waals surface area contributed by atoms with Gasteiger partial charge in [0.05, 0.1) is 11.2 Å². The van der Waals surface area contributed by atoms with Crippen molar-refractivity contribution in [2.24, 2.45) is 0 Å². The summed E-state index contributed by atoms with van der Waals surface area (Å²) in [6.07, 6.45) is 4.63. The summed E-state index contributed by atoms with van der Waals surface area (Å²) in [5.74, 6) is -0.974. The third-order valence-electron chi connectivity index (χ3n) is 3.56. The number of pyridine rings is 1.